The van der Waals surface area contributed by atoms with Gasteiger partial charge < -0.3 is 20.7 Å². The van der Waals surface area contributed by atoms with E-state index in [0.29, 0.717) is 17.9 Å². The Kier molecular flexibility index (Phi) is 5.96. The van der Waals surface area contributed by atoms with Gasteiger partial charge in [0.15, 0.2) is 0 Å². The van der Waals surface area contributed by atoms with E-state index in [4.69, 9.17) is 10.00 Å². The number of urea groups is 1. The number of hydrogen-bond donors (Lipinski definition) is 3. The molecule has 4 bridgehead atoms. The van der Waals surface area contributed by atoms with Gasteiger partial charge in [-0.05, 0) is 81.4 Å². The van der Waals surface area contributed by atoms with E-state index in [1.807, 2.05) is 6.92 Å². The summed E-state index contributed by atoms with van der Waals surface area (Å²) in [6.07, 6.45) is 7.44. The molecule has 4 saturated carbocycles. The third kappa shape index (κ3) is 4.93. The summed E-state index contributed by atoms with van der Waals surface area (Å²) in [5.74, 6) is 2.12. The number of benzene rings is 1. The lowest BCUT2D eigenvalue weighted by atomic mass is 9.54. The highest BCUT2D eigenvalue weighted by Gasteiger charge is 2.52. The first-order valence-corrected chi connectivity index (χ1v) is 10.9. The molecule has 0 aromatic heterocycles. The molecule has 160 valence electrons. The number of hydrogen-bond acceptors (Lipinski definition) is 4. The molecule has 1 unspecified atom stereocenters. The van der Waals surface area contributed by atoms with Gasteiger partial charge in [-0.2, -0.15) is 5.26 Å². The molecule has 3 amide bonds. The lowest BCUT2D eigenvalue weighted by Crippen LogP contribution is -2.54. The standard InChI is InChI=1S/C23H30N4O3/c1-15(30-23-11-16-7-17(12-23)9-18(8-16)13-23)14-25-22(29)27-20-4-2-3-19(10-20)26-21(28)5-6-24/h2-4,10,15-18H,5,7-9,11-14H2,1H3,(H,26,28)(H2,25,27,29). The third-order valence-corrected chi connectivity index (χ3v) is 6.63. The molecule has 1 atom stereocenters. The number of ether oxygens (including phenoxy) is 1. The number of rotatable bonds is 7. The fourth-order valence-corrected chi connectivity index (χ4v) is 6.01. The van der Waals surface area contributed by atoms with Crippen molar-refractivity contribution in [3.63, 3.8) is 0 Å². The number of carbonyl (C=O) groups excluding carboxylic acids is 2. The van der Waals surface area contributed by atoms with Crippen LogP contribution in [0.15, 0.2) is 24.3 Å². The van der Waals surface area contributed by atoms with E-state index in [-0.39, 0.29) is 30.1 Å². The van der Waals surface area contributed by atoms with Crippen LogP contribution >= 0.6 is 0 Å². The summed E-state index contributed by atoms with van der Waals surface area (Å²) in [5, 5.41) is 16.9. The van der Waals surface area contributed by atoms with E-state index < -0.39 is 0 Å². The highest BCUT2D eigenvalue weighted by Crippen LogP contribution is 2.57. The molecule has 4 aliphatic rings. The molecule has 0 aliphatic heterocycles. The van der Waals surface area contributed by atoms with Crippen molar-refractivity contribution >= 4 is 23.3 Å². The minimum atomic E-state index is -0.380. The van der Waals surface area contributed by atoms with Gasteiger partial charge >= 0.3 is 6.03 Å². The van der Waals surface area contributed by atoms with Crippen molar-refractivity contribution in [1.82, 2.24) is 5.32 Å². The van der Waals surface area contributed by atoms with Gasteiger partial charge in [0, 0.05) is 17.9 Å². The second kappa shape index (κ2) is 8.65. The van der Waals surface area contributed by atoms with E-state index in [1.165, 1.54) is 38.5 Å². The Morgan fingerprint density at radius 2 is 1.73 bits per heavy atom. The number of anilines is 2. The maximum Gasteiger partial charge on any atom is 0.319 e. The minimum Gasteiger partial charge on any atom is -0.370 e. The Bertz CT molecular complexity index is 812. The van der Waals surface area contributed by atoms with Gasteiger partial charge in [-0.1, -0.05) is 6.07 Å². The van der Waals surface area contributed by atoms with Crippen molar-refractivity contribution in [2.45, 2.75) is 63.6 Å². The Hall–Kier alpha value is -2.59. The molecule has 5 rings (SSSR count). The zero-order valence-corrected chi connectivity index (χ0v) is 17.4. The van der Waals surface area contributed by atoms with Gasteiger partial charge in [-0.3, -0.25) is 4.79 Å². The fraction of sp³-hybridized carbons (Fsp3) is 0.609. The SMILES string of the molecule is CC(CNC(=O)Nc1cccc(NC(=O)CC#N)c1)OC12CC3CC(CC(C3)C1)C2. The summed E-state index contributed by atoms with van der Waals surface area (Å²) in [6.45, 7) is 2.48. The molecule has 0 saturated heterocycles. The topological polar surface area (TPSA) is 103 Å². The Morgan fingerprint density at radius 1 is 1.13 bits per heavy atom. The highest BCUT2D eigenvalue weighted by molar-refractivity contribution is 5.94. The van der Waals surface area contributed by atoms with E-state index in [1.54, 1.807) is 30.3 Å². The van der Waals surface area contributed by atoms with Gasteiger partial charge in [-0.15, -0.1) is 0 Å². The normalized spacial score (nSPS) is 29.7. The van der Waals surface area contributed by atoms with Crippen molar-refractivity contribution in [2.24, 2.45) is 17.8 Å². The van der Waals surface area contributed by atoms with Crippen molar-refractivity contribution in [3.05, 3.63) is 24.3 Å². The maximum absolute atomic E-state index is 12.3. The van der Waals surface area contributed by atoms with E-state index in [2.05, 4.69) is 16.0 Å². The molecule has 1 aromatic carbocycles. The zero-order valence-electron chi connectivity index (χ0n) is 17.4. The monoisotopic (exact) mass is 410 g/mol. The lowest BCUT2D eigenvalue weighted by molar-refractivity contribution is -0.182. The van der Waals surface area contributed by atoms with Crippen LogP contribution < -0.4 is 16.0 Å². The summed E-state index contributed by atoms with van der Waals surface area (Å²) in [5.41, 5.74) is 1.13. The van der Waals surface area contributed by atoms with Crippen molar-refractivity contribution in [3.8, 4) is 6.07 Å². The molecule has 3 N–H and O–H groups in total. The van der Waals surface area contributed by atoms with Crippen LogP contribution in [0.2, 0.25) is 0 Å². The van der Waals surface area contributed by atoms with Crippen LogP contribution in [-0.4, -0.2) is 30.2 Å². The average Bonchev–Trinajstić information content (AvgIpc) is 2.65. The van der Waals surface area contributed by atoms with Crippen molar-refractivity contribution in [1.29, 1.82) is 5.26 Å². The van der Waals surface area contributed by atoms with Crippen LogP contribution in [0, 0.1) is 29.1 Å². The smallest absolute Gasteiger partial charge is 0.319 e. The lowest BCUT2D eigenvalue weighted by Gasteiger charge is -2.57. The molecular formula is C23H30N4O3. The second-order valence-corrected chi connectivity index (χ2v) is 9.33. The number of nitriles is 1. The largest absolute Gasteiger partial charge is 0.370 e. The molecule has 1 aromatic rings. The van der Waals surface area contributed by atoms with Crippen LogP contribution in [0.4, 0.5) is 16.2 Å². The summed E-state index contributed by atoms with van der Waals surface area (Å²) in [4.78, 5) is 23.8. The maximum atomic E-state index is 12.3. The number of nitrogens with zero attached hydrogens (tertiary/aromatic N) is 1. The van der Waals surface area contributed by atoms with Crippen LogP contribution in [0.5, 0.6) is 0 Å². The Labute approximate surface area is 177 Å². The van der Waals surface area contributed by atoms with Gasteiger partial charge in [-0.25, -0.2) is 4.79 Å². The predicted molar refractivity (Wildman–Crippen MR) is 114 cm³/mol. The fourth-order valence-electron chi connectivity index (χ4n) is 6.01. The van der Waals surface area contributed by atoms with Crippen LogP contribution in [-0.2, 0) is 9.53 Å². The van der Waals surface area contributed by atoms with Crippen LogP contribution in [0.25, 0.3) is 0 Å². The van der Waals surface area contributed by atoms with E-state index in [9.17, 15) is 9.59 Å². The Balaban J connectivity index is 1.24. The number of nitrogens with one attached hydrogen (secondary N) is 3. The molecule has 7 heteroatoms. The van der Waals surface area contributed by atoms with Gasteiger partial charge in [0.25, 0.3) is 0 Å². The second-order valence-electron chi connectivity index (χ2n) is 9.33. The van der Waals surface area contributed by atoms with Crippen molar-refractivity contribution < 1.29 is 14.3 Å². The Morgan fingerprint density at radius 3 is 2.33 bits per heavy atom. The molecule has 4 fully saturated rings. The number of amides is 3. The minimum absolute atomic E-state index is 0.0300. The first-order chi connectivity index (χ1) is 14.4. The first-order valence-electron chi connectivity index (χ1n) is 10.9. The molecule has 0 spiro atoms. The third-order valence-electron chi connectivity index (χ3n) is 6.63. The van der Waals surface area contributed by atoms with Gasteiger partial charge in [0.1, 0.15) is 6.42 Å². The predicted octanol–water partition coefficient (Wildman–Crippen LogP) is 4.03. The molecular weight excluding hydrogens is 380 g/mol. The van der Waals surface area contributed by atoms with Crippen molar-refractivity contribution in [2.75, 3.05) is 17.2 Å². The highest BCUT2D eigenvalue weighted by atomic mass is 16.5. The molecule has 7 nitrogen and oxygen atoms in total. The first kappa shape index (κ1) is 20.7. The molecule has 0 radical (unpaired) electrons. The molecule has 0 heterocycles. The average molecular weight is 411 g/mol. The summed E-state index contributed by atoms with van der Waals surface area (Å²) in [6, 6.07) is 8.34. The zero-order chi connectivity index (χ0) is 21.1. The van der Waals surface area contributed by atoms with E-state index in [0.717, 1.165) is 17.8 Å². The summed E-state index contributed by atoms with van der Waals surface area (Å²) in [7, 11) is 0. The van der Waals surface area contributed by atoms with Gasteiger partial charge in [0.05, 0.1) is 17.8 Å². The van der Waals surface area contributed by atoms with Crippen LogP contribution in [0.1, 0.15) is 51.9 Å². The van der Waals surface area contributed by atoms with Crippen LogP contribution in [0.3, 0.4) is 0 Å². The molecule has 4 aliphatic carbocycles. The quantitative estimate of drug-likeness (QED) is 0.631. The summed E-state index contributed by atoms with van der Waals surface area (Å²) < 4.78 is 6.52. The van der Waals surface area contributed by atoms with E-state index >= 15 is 0 Å². The molecule has 30 heavy (non-hydrogen) atoms. The number of carbonyl (C=O) groups is 2. The summed E-state index contributed by atoms with van der Waals surface area (Å²) >= 11 is 0. The van der Waals surface area contributed by atoms with Gasteiger partial charge in [0.2, 0.25) is 5.91 Å².